The van der Waals surface area contributed by atoms with Crippen molar-refractivity contribution in [1.82, 2.24) is 4.90 Å². The Hall–Kier alpha value is -1.55. The van der Waals surface area contributed by atoms with Crippen LogP contribution in [0.2, 0.25) is 0 Å². The van der Waals surface area contributed by atoms with Crippen molar-refractivity contribution in [3.63, 3.8) is 0 Å². The monoisotopic (exact) mass is 221 g/mol. The second-order valence-electron chi connectivity index (χ2n) is 4.03. The van der Waals surface area contributed by atoms with Crippen LogP contribution in [0, 0.1) is 0 Å². The zero-order chi connectivity index (χ0) is 11.5. The van der Waals surface area contributed by atoms with Gasteiger partial charge in [0.1, 0.15) is 0 Å². The summed E-state index contributed by atoms with van der Waals surface area (Å²) in [5, 5.41) is 18.3. The van der Waals surface area contributed by atoms with Crippen molar-refractivity contribution in [2.24, 2.45) is 0 Å². The lowest BCUT2D eigenvalue weighted by molar-refractivity contribution is 0.114. The molecule has 0 bridgehead atoms. The van der Waals surface area contributed by atoms with E-state index in [2.05, 4.69) is 0 Å². The summed E-state index contributed by atoms with van der Waals surface area (Å²) in [7, 11) is 0. The first-order valence-corrected chi connectivity index (χ1v) is 5.39. The molecule has 1 fully saturated rings. The number of carbonyl (C=O) groups is 1. The molecule has 4 nitrogen and oxygen atoms in total. The molecule has 0 radical (unpaired) electrons. The predicted molar refractivity (Wildman–Crippen MR) is 59.4 cm³/mol. The van der Waals surface area contributed by atoms with Crippen LogP contribution in [0.4, 0.5) is 4.79 Å². The fourth-order valence-electron chi connectivity index (χ4n) is 2.41. The van der Waals surface area contributed by atoms with Crippen molar-refractivity contribution in [2.45, 2.75) is 18.4 Å². The lowest BCUT2D eigenvalue weighted by atomic mass is 9.92. The highest BCUT2D eigenvalue weighted by molar-refractivity contribution is 5.66. The van der Waals surface area contributed by atoms with Crippen molar-refractivity contribution in [3.05, 3.63) is 35.9 Å². The molecule has 2 atom stereocenters. The second kappa shape index (κ2) is 4.53. The number of carboxylic acid groups (broad SMARTS) is 1. The molecule has 1 aliphatic heterocycles. The molecule has 1 aromatic rings. The maximum absolute atomic E-state index is 11.0. The van der Waals surface area contributed by atoms with E-state index in [0.717, 1.165) is 12.0 Å². The van der Waals surface area contributed by atoms with E-state index in [0.29, 0.717) is 6.54 Å². The summed E-state index contributed by atoms with van der Waals surface area (Å²) in [4.78, 5) is 12.3. The van der Waals surface area contributed by atoms with Gasteiger partial charge < -0.3 is 15.1 Å². The minimum atomic E-state index is -0.947. The van der Waals surface area contributed by atoms with Crippen molar-refractivity contribution < 1.29 is 15.0 Å². The summed E-state index contributed by atoms with van der Waals surface area (Å²) in [6.45, 7) is 0.381. The van der Waals surface area contributed by atoms with E-state index in [9.17, 15) is 9.90 Å². The molecule has 0 aliphatic carbocycles. The third-order valence-electron chi connectivity index (χ3n) is 3.21. The zero-order valence-corrected chi connectivity index (χ0v) is 8.91. The van der Waals surface area contributed by atoms with Crippen molar-refractivity contribution in [3.8, 4) is 0 Å². The molecule has 0 aromatic heterocycles. The second-order valence-corrected chi connectivity index (χ2v) is 4.03. The number of aliphatic hydroxyl groups is 1. The Bertz CT molecular complexity index is 366. The number of hydrogen-bond donors (Lipinski definition) is 2. The minimum absolute atomic E-state index is 0.113. The number of hydrogen-bond acceptors (Lipinski definition) is 2. The first-order valence-electron chi connectivity index (χ1n) is 5.39. The largest absolute Gasteiger partial charge is 0.465 e. The highest BCUT2D eigenvalue weighted by atomic mass is 16.4. The molecule has 1 aliphatic rings. The van der Waals surface area contributed by atoms with Crippen LogP contribution in [-0.2, 0) is 0 Å². The van der Waals surface area contributed by atoms with E-state index >= 15 is 0 Å². The molecule has 16 heavy (non-hydrogen) atoms. The standard InChI is InChI=1S/C12H15NO3/c14-8-11-10(6-7-13(11)12(15)16)9-4-2-1-3-5-9/h1-5,10-11,14H,6-8H2,(H,15,16)/t10-,11+/m1/s1. The fraction of sp³-hybridized carbons (Fsp3) is 0.417. The summed E-state index contributed by atoms with van der Waals surface area (Å²) < 4.78 is 0. The van der Waals surface area contributed by atoms with Crippen LogP contribution >= 0.6 is 0 Å². The summed E-state index contributed by atoms with van der Waals surface area (Å²) in [5.41, 5.74) is 1.10. The molecule has 1 amide bonds. The third-order valence-corrected chi connectivity index (χ3v) is 3.21. The van der Waals surface area contributed by atoms with Gasteiger partial charge in [0.25, 0.3) is 0 Å². The minimum Gasteiger partial charge on any atom is -0.465 e. The van der Waals surface area contributed by atoms with Gasteiger partial charge in [0.2, 0.25) is 0 Å². The molecule has 1 heterocycles. The number of rotatable bonds is 2. The fourth-order valence-corrected chi connectivity index (χ4v) is 2.41. The summed E-state index contributed by atoms with van der Waals surface area (Å²) in [6, 6.07) is 9.47. The van der Waals surface area contributed by atoms with E-state index in [4.69, 9.17) is 5.11 Å². The Balaban J connectivity index is 2.21. The predicted octanol–water partition coefficient (Wildman–Crippen LogP) is 1.51. The lowest BCUT2D eigenvalue weighted by Crippen LogP contribution is -2.38. The molecule has 86 valence electrons. The van der Waals surface area contributed by atoms with E-state index in [1.807, 2.05) is 30.3 Å². The van der Waals surface area contributed by atoms with Crippen LogP contribution in [0.15, 0.2) is 30.3 Å². The van der Waals surface area contributed by atoms with E-state index < -0.39 is 6.09 Å². The Morgan fingerprint density at radius 1 is 1.38 bits per heavy atom. The summed E-state index contributed by atoms with van der Waals surface area (Å²) >= 11 is 0. The van der Waals surface area contributed by atoms with Gasteiger partial charge in [-0.25, -0.2) is 4.79 Å². The topological polar surface area (TPSA) is 60.8 Å². The third kappa shape index (κ3) is 1.88. The van der Waals surface area contributed by atoms with Crippen LogP contribution in [0.1, 0.15) is 17.9 Å². The van der Waals surface area contributed by atoms with Crippen LogP contribution in [-0.4, -0.2) is 40.4 Å². The van der Waals surface area contributed by atoms with E-state index in [1.165, 1.54) is 4.90 Å². The maximum Gasteiger partial charge on any atom is 0.407 e. The van der Waals surface area contributed by atoms with Gasteiger partial charge >= 0.3 is 6.09 Å². The molecule has 0 saturated carbocycles. The molecule has 2 rings (SSSR count). The Kier molecular flexibility index (Phi) is 3.10. The van der Waals surface area contributed by atoms with Gasteiger partial charge in [-0.05, 0) is 12.0 Å². The zero-order valence-electron chi connectivity index (χ0n) is 8.91. The highest BCUT2D eigenvalue weighted by Crippen LogP contribution is 2.33. The molecule has 0 spiro atoms. The highest BCUT2D eigenvalue weighted by Gasteiger charge is 2.37. The molecule has 2 N–H and O–H groups in total. The van der Waals surface area contributed by atoms with Gasteiger partial charge in [-0.1, -0.05) is 30.3 Å². The molecule has 4 heteroatoms. The summed E-state index contributed by atoms with van der Waals surface area (Å²) in [6.07, 6.45) is -0.167. The average molecular weight is 221 g/mol. The summed E-state index contributed by atoms with van der Waals surface area (Å²) in [5.74, 6) is 0.113. The molecule has 0 unspecified atom stereocenters. The number of benzene rings is 1. The Morgan fingerprint density at radius 3 is 2.62 bits per heavy atom. The van der Waals surface area contributed by atoms with Crippen LogP contribution < -0.4 is 0 Å². The van der Waals surface area contributed by atoms with E-state index in [-0.39, 0.29) is 18.6 Å². The molecular formula is C12H15NO3. The van der Waals surface area contributed by atoms with Crippen LogP contribution in [0.3, 0.4) is 0 Å². The van der Waals surface area contributed by atoms with Gasteiger partial charge in [-0.15, -0.1) is 0 Å². The van der Waals surface area contributed by atoms with Gasteiger partial charge in [0.15, 0.2) is 0 Å². The van der Waals surface area contributed by atoms with Crippen molar-refractivity contribution >= 4 is 6.09 Å². The number of amides is 1. The smallest absolute Gasteiger partial charge is 0.407 e. The quantitative estimate of drug-likeness (QED) is 0.795. The molecule has 1 aromatic carbocycles. The molecule has 1 saturated heterocycles. The lowest BCUT2D eigenvalue weighted by Gasteiger charge is -2.24. The number of aliphatic hydroxyl groups excluding tert-OH is 1. The number of nitrogens with zero attached hydrogens (tertiary/aromatic N) is 1. The van der Waals surface area contributed by atoms with Crippen LogP contribution in [0.25, 0.3) is 0 Å². The van der Waals surface area contributed by atoms with Crippen molar-refractivity contribution in [1.29, 1.82) is 0 Å². The Labute approximate surface area is 94.1 Å². The number of likely N-dealkylation sites (tertiary alicyclic amines) is 1. The maximum atomic E-state index is 11.0. The molecular weight excluding hydrogens is 206 g/mol. The normalized spacial score (nSPS) is 24.7. The van der Waals surface area contributed by atoms with Gasteiger partial charge in [0.05, 0.1) is 12.6 Å². The van der Waals surface area contributed by atoms with Gasteiger partial charge in [-0.2, -0.15) is 0 Å². The van der Waals surface area contributed by atoms with Gasteiger partial charge in [0, 0.05) is 12.5 Å². The first kappa shape index (κ1) is 11.0. The van der Waals surface area contributed by atoms with E-state index in [1.54, 1.807) is 0 Å². The van der Waals surface area contributed by atoms with Crippen LogP contribution in [0.5, 0.6) is 0 Å². The Morgan fingerprint density at radius 2 is 2.06 bits per heavy atom. The SMILES string of the molecule is O=C(O)N1CC[C@H](c2ccccc2)[C@@H]1CO. The first-order chi connectivity index (χ1) is 7.74. The van der Waals surface area contributed by atoms with Gasteiger partial charge in [-0.3, -0.25) is 0 Å². The average Bonchev–Trinajstić information content (AvgIpc) is 2.73. The van der Waals surface area contributed by atoms with Crippen molar-refractivity contribution in [2.75, 3.05) is 13.2 Å².